The zero-order valence-corrected chi connectivity index (χ0v) is 21.3. The number of halogens is 1. The van der Waals surface area contributed by atoms with Gasteiger partial charge in [-0.05, 0) is 66.8 Å². The number of amides is 1. The number of Topliss-reactive ketones (excluding diaryl/α,β-unsaturated/α-hetero) is 1. The van der Waals surface area contributed by atoms with Gasteiger partial charge >= 0.3 is 5.97 Å². The van der Waals surface area contributed by atoms with E-state index in [1.54, 1.807) is 19.1 Å². The lowest BCUT2D eigenvalue weighted by atomic mass is 9.69. The number of carbonyl (C=O) groups is 3. The maximum atomic E-state index is 14.3. The number of fused-ring (bicyclic) bond motifs is 1. The van der Waals surface area contributed by atoms with E-state index in [0.29, 0.717) is 28.5 Å². The molecule has 7 nitrogen and oxygen atoms in total. The maximum absolute atomic E-state index is 14.3. The van der Waals surface area contributed by atoms with Crippen LogP contribution in [0.1, 0.15) is 42.0 Å². The molecule has 3 heterocycles. The fourth-order valence-electron chi connectivity index (χ4n) is 5.61. The molecule has 2 aromatic carbocycles. The van der Waals surface area contributed by atoms with Gasteiger partial charge in [-0.2, -0.15) is 0 Å². The van der Waals surface area contributed by atoms with Crippen molar-refractivity contribution in [3.8, 4) is 11.5 Å². The van der Waals surface area contributed by atoms with E-state index in [0.717, 1.165) is 10.4 Å². The predicted molar refractivity (Wildman–Crippen MR) is 138 cm³/mol. The molecule has 194 valence electrons. The van der Waals surface area contributed by atoms with Gasteiger partial charge in [0.1, 0.15) is 11.7 Å². The molecule has 3 atom stereocenters. The van der Waals surface area contributed by atoms with E-state index >= 15 is 0 Å². The van der Waals surface area contributed by atoms with Gasteiger partial charge in [-0.15, -0.1) is 11.3 Å². The third kappa shape index (κ3) is 4.07. The fraction of sp³-hybridized carbons (Fsp3) is 0.276. The van der Waals surface area contributed by atoms with Crippen molar-refractivity contribution in [2.45, 2.75) is 31.6 Å². The third-order valence-electron chi connectivity index (χ3n) is 7.25. The Morgan fingerprint density at radius 1 is 1.08 bits per heavy atom. The van der Waals surface area contributed by atoms with Crippen molar-refractivity contribution >= 4 is 34.7 Å². The second-order valence-electron chi connectivity index (χ2n) is 9.36. The van der Waals surface area contributed by atoms with Gasteiger partial charge in [0.2, 0.25) is 12.7 Å². The summed E-state index contributed by atoms with van der Waals surface area (Å²) in [6.45, 7) is 1.96. The monoisotopic (exact) mass is 533 g/mol. The highest BCUT2D eigenvalue weighted by atomic mass is 32.1. The number of carbonyl (C=O) groups excluding carboxylic acids is 3. The topological polar surface area (TPSA) is 82.1 Å². The van der Waals surface area contributed by atoms with E-state index in [9.17, 15) is 18.8 Å². The number of ketones is 1. The van der Waals surface area contributed by atoms with Crippen molar-refractivity contribution in [3.63, 3.8) is 0 Å². The van der Waals surface area contributed by atoms with E-state index < -0.39 is 29.5 Å². The summed E-state index contributed by atoms with van der Waals surface area (Å²) < 4.78 is 30.1. The lowest BCUT2D eigenvalue weighted by Gasteiger charge is -2.42. The molecule has 0 bridgehead atoms. The van der Waals surface area contributed by atoms with Crippen molar-refractivity contribution < 1.29 is 33.0 Å². The van der Waals surface area contributed by atoms with Crippen molar-refractivity contribution in [3.05, 3.63) is 87.5 Å². The number of ether oxygens (including phenoxy) is 3. The molecule has 9 heteroatoms. The van der Waals surface area contributed by atoms with Gasteiger partial charge in [0.05, 0.1) is 6.61 Å². The van der Waals surface area contributed by atoms with Crippen LogP contribution in [-0.2, 0) is 19.1 Å². The SMILES string of the molecule is CCOC(=O)[C@@H]1C(=O)C2=C(C[C@@H]1c1cccs1)N(c1ccc(F)cc1)C(=O)C[C@H]2c1ccc2c(c1)OCO2. The quantitative estimate of drug-likeness (QED) is 0.326. The van der Waals surface area contributed by atoms with Crippen LogP contribution < -0.4 is 14.4 Å². The number of hydrogen-bond donors (Lipinski definition) is 0. The fourth-order valence-corrected chi connectivity index (χ4v) is 6.47. The number of thiophene rings is 1. The van der Waals surface area contributed by atoms with E-state index in [1.165, 1.54) is 40.5 Å². The molecule has 1 aromatic heterocycles. The lowest BCUT2D eigenvalue weighted by Crippen LogP contribution is -2.46. The van der Waals surface area contributed by atoms with Crippen LogP contribution in [0.15, 0.2) is 71.2 Å². The van der Waals surface area contributed by atoms with Crippen molar-refractivity contribution in [1.29, 1.82) is 0 Å². The van der Waals surface area contributed by atoms with Crippen LogP contribution in [0.3, 0.4) is 0 Å². The average molecular weight is 534 g/mol. The highest BCUT2D eigenvalue weighted by Gasteiger charge is 2.50. The molecule has 0 N–H and O–H groups in total. The highest BCUT2D eigenvalue weighted by molar-refractivity contribution is 7.10. The zero-order valence-electron chi connectivity index (χ0n) is 20.5. The van der Waals surface area contributed by atoms with Gasteiger partial charge in [-0.25, -0.2) is 4.39 Å². The van der Waals surface area contributed by atoms with E-state index in [2.05, 4.69) is 0 Å². The number of benzene rings is 2. The summed E-state index contributed by atoms with van der Waals surface area (Å²) >= 11 is 1.45. The van der Waals surface area contributed by atoms with Gasteiger partial charge < -0.3 is 14.2 Å². The third-order valence-corrected chi connectivity index (χ3v) is 8.26. The minimum atomic E-state index is -1.04. The van der Waals surface area contributed by atoms with E-state index in [4.69, 9.17) is 14.2 Å². The number of rotatable bonds is 5. The first-order chi connectivity index (χ1) is 18.5. The van der Waals surface area contributed by atoms with E-state index in [1.807, 2.05) is 23.6 Å². The van der Waals surface area contributed by atoms with Crippen LogP contribution in [-0.4, -0.2) is 31.1 Å². The van der Waals surface area contributed by atoms with Crippen LogP contribution in [0.25, 0.3) is 0 Å². The highest BCUT2D eigenvalue weighted by Crippen LogP contribution is 2.50. The Balaban J connectivity index is 1.54. The smallest absolute Gasteiger partial charge is 0.317 e. The summed E-state index contributed by atoms with van der Waals surface area (Å²) in [7, 11) is 0. The maximum Gasteiger partial charge on any atom is 0.317 e. The van der Waals surface area contributed by atoms with Gasteiger partial charge in [-0.1, -0.05) is 12.1 Å². The molecule has 0 radical (unpaired) electrons. The Kier molecular flexibility index (Phi) is 6.23. The van der Waals surface area contributed by atoms with Crippen molar-refractivity contribution in [2.75, 3.05) is 18.3 Å². The second kappa shape index (κ2) is 9.72. The molecule has 38 heavy (non-hydrogen) atoms. The van der Waals surface area contributed by atoms with Crippen LogP contribution in [0.5, 0.6) is 11.5 Å². The standard InChI is InChI=1S/C29H24FNO6S/c1-2-35-29(34)27-20(24-4-3-11-38-24)13-21-26(28(27)33)19(16-5-10-22-23(12-16)37-15-36-22)14-25(32)31(21)18-8-6-17(30)7-9-18/h3-12,19-20,27H,2,13-15H2,1H3/t19-,20+,27-/m0/s1. The first-order valence-electron chi connectivity index (χ1n) is 12.4. The molecule has 0 spiro atoms. The summed E-state index contributed by atoms with van der Waals surface area (Å²) in [5.74, 6) is -2.55. The molecule has 2 aliphatic heterocycles. The van der Waals surface area contributed by atoms with Crippen molar-refractivity contribution in [2.24, 2.45) is 5.92 Å². The minimum Gasteiger partial charge on any atom is -0.465 e. The molecule has 0 saturated carbocycles. The first-order valence-corrected chi connectivity index (χ1v) is 13.3. The average Bonchev–Trinajstić information content (AvgIpc) is 3.61. The van der Waals surface area contributed by atoms with Gasteiger partial charge in [-0.3, -0.25) is 19.3 Å². The number of nitrogens with zero attached hydrogens (tertiary/aromatic N) is 1. The van der Waals surface area contributed by atoms with Crippen LogP contribution in [0, 0.1) is 11.7 Å². The molecule has 0 fully saturated rings. The van der Waals surface area contributed by atoms with E-state index in [-0.39, 0.29) is 37.9 Å². The summed E-state index contributed by atoms with van der Waals surface area (Å²) in [5.41, 5.74) is 2.12. The normalized spacial score (nSPS) is 22.5. The molecule has 0 unspecified atom stereocenters. The van der Waals surface area contributed by atoms with Crippen LogP contribution in [0.4, 0.5) is 10.1 Å². The largest absolute Gasteiger partial charge is 0.465 e. The van der Waals surface area contributed by atoms with Gasteiger partial charge in [0, 0.05) is 40.1 Å². The second-order valence-corrected chi connectivity index (χ2v) is 10.3. The number of esters is 1. The molecule has 3 aromatic rings. The summed E-state index contributed by atoms with van der Waals surface area (Å²) in [6, 6.07) is 14.8. The summed E-state index contributed by atoms with van der Waals surface area (Å²) in [5, 5.41) is 1.89. The van der Waals surface area contributed by atoms with Gasteiger partial charge in [0.25, 0.3) is 0 Å². The lowest BCUT2D eigenvalue weighted by molar-refractivity contribution is -0.152. The Hall–Kier alpha value is -3.98. The Morgan fingerprint density at radius 3 is 2.61 bits per heavy atom. The summed E-state index contributed by atoms with van der Waals surface area (Å²) in [4.78, 5) is 43.6. The number of hydrogen-bond acceptors (Lipinski definition) is 7. The van der Waals surface area contributed by atoms with Crippen LogP contribution >= 0.6 is 11.3 Å². The number of anilines is 1. The molecule has 3 aliphatic rings. The van der Waals surface area contributed by atoms with Gasteiger partial charge in [0.15, 0.2) is 17.3 Å². The predicted octanol–water partition coefficient (Wildman–Crippen LogP) is 5.33. The molecule has 1 aliphatic carbocycles. The molecular formula is C29H24FNO6S. The molecule has 0 saturated heterocycles. The Labute approximate surface area is 222 Å². The minimum absolute atomic E-state index is 0.000801. The Bertz CT molecular complexity index is 1450. The number of allylic oxidation sites excluding steroid dienone is 2. The van der Waals surface area contributed by atoms with Crippen LogP contribution in [0.2, 0.25) is 0 Å². The first kappa shape index (κ1) is 24.4. The zero-order chi connectivity index (χ0) is 26.4. The molecule has 6 rings (SSSR count). The molecular weight excluding hydrogens is 509 g/mol. The summed E-state index contributed by atoms with van der Waals surface area (Å²) in [6.07, 6.45) is 0.274. The molecule has 1 amide bonds. The Morgan fingerprint density at radius 2 is 1.87 bits per heavy atom. The van der Waals surface area contributed by atoms with Crippen molar-refractivity contribution in [1.82, 2.24) is 0 Å².